The summed E-state index contributed by atoms with van der Waals surface area (Å²) in [6.45, 7) is -0.459. The molecule has 6 nitrogen and oxygen atoms in total. The molecule has 1 fully saturated rings. The molecular weight excluding hydrogens is 404 g/mol. The molecule has 1 aliphatic heterocycles. The van der Waals surface area contributed by atoms with Gasteiger partial charge in [-0.15, -0.1) is 0 Å². The van der Waals surface area contributed by atoms with Gasteiger partial charge in [-0.3, -0.25) is 13.8 Å². The summed E-state index contributed by atoms with van der Waals surface area (Å²) < 4.78 is 88.2. The zero-order valence-corrected chi connectivity index (χ0v) is 14.5. The molecule has 2 heterocycles. The second kappa shape index (κ2) is 7.98. The third-order valence-corrected chi connectivity index (χ3v) is 5.06. The Kier molecular flexibility index (Phi) is 6.32. The zero-order chi connectivity index (χ0) is 20.4. The summed E-state index contributed by atoms with van der Waals surface area (Å²) in [6.07, 6.45) is -9.28. The molecule has 1 N–H and O–H groups in total. The zero-order valence-electron chi connectivity index (χ0n) is 13.7. The number of aromatic amines is 1. The summed E-state index contributed by atoms with van der Waals surface area (Å²) in [7, 11) is -2.05. The molecule has 0 spiro atoms. The van der Waals surface area contributed by atoms with Gasteiger partial charge in [0, 0.05) is 30.0 Å². The van der Waals surface area contributed by atoms with Crippen LogP contribution in [0.25, 0.3) is 0 Å². The van der Waals surface area contributed by atoms with E-state index in [2.05, 4.69) is 4.98 Å². The fourth-order valence-corrected chi connectivity index (χ4v) is 3.63. The van der Waals surface area contributed by atoms with Crippen LogP contribution in [0.4, 0.5) is 26.3 Å². The number of nitrogens with zero attached hydrogens (tertiary/aromatic N) is 2. The number of aromatic nitrogens is 2. The predicted molar refractivity (Wildman–Crippen MR) is 81.9 cm³/mol. The number of hydrogen-bond donors (Lipinski definition) is 1. The van der Waals surface area contributed by atoms with E-state index in [4.69, 9.17) is 0 Å². The van der Waals surface area contributed by atoms with E-state index in [9.17, 15) is 40.1 Å². The largest absolute Gasteiger partial charge is 0.433 e. The Hall–Kier alpha value is -1.92. The van der Waals surface area contributed by atoms with E-state index in [-0.39, 0.29) is 25.5 Å². The summed E-state index contributed by atoms with van der Waals surface area (Å²) in [5.74, 6) is -4.29. The van der Waals surface area contributed by atoms with Crippen molar-refractivity contribution in [3.05, 3.63) is 27.9 Å². The first-order valence-corrected chi connectivity index (χ1v) is 9.22. The second-order valence-corrected chi connectivity index (χ2v) is 7.48. The highest BCUT2D eigenvalue weighted by atomic mass is 32.2. The molecule has 1 aliphatic rings. The molecule has 0 bridgehead atoms. The van der Waals surface area contributed by atoms with Gasteiger partial charge in [0.05, 0.1) is 11.7 Å². The van der Waals surface area contributed by atoms with Gasteiger partial charge in [0.15, 0.2) is 5.69 Å². The first-order valence-electron chi connectivity index (χ1n) is 7.73. The van der Waals surface area contributed by atoms with Crippen LogP contribution in [0.5, 0.6) is 0 Å². The highest BCUT2D eigenvalue weighted by Gasteiger charge is 2.42. The normalized spacial score (nSPS) is 19.8. The molecule has 27 heavy (non-hydrogen) atoms. The number of hydrogen-bond acceptors (Lipinski definition) is 4. The monoisotopic (exact) mass is 419 g/mol. The van der Waals surface area contributed by atoms with Crippen LogP contribution in [0.1, 0.15) is 24.4 Å². The molecule has 0 aromatic carbocycles. The van der Waals surface area contributed by atoms with Gasteiger partial charge in [-0.25, -0.2) is 4.98 Å². The lowest BCUT2D eigenvalue weighted by molar-refractivity contribution is -0.187. The fourth-order valence-electron chi connectivity index (χ4n) is 2.63. The number of carbonyl (C=O) groups excluding carboxylic acids is 1. The van der Waals surface area contributed by atoms with Gasteiger partial charge in [0.1, 0.15) is 11.6 Å². The Morgan fingerprint density at radius 3 is 2.56 bits per heavy atom. The number of likely N-dealkylation sites (tertiary alicyclic amines) is 1. The maximum atomic E-state index is 12.8. The fraction of sp³-hybridized carbons (Fsp3) is 0.643. The third kappa shape index (κ3) is 6.04. The molecule has 0 saturated carbocycles. The van der Waals surface area contributed by atoms with Gasteiger partial charge in [0.25, 0.3) is 5.56 Å². The van der Waals surface area contributed by atoms with Crippen molar-refractivity contribution in [1.29, 1.82) is 0 Å². The summed E-state index contributed by atoms with van der Waals surface area (Å²) >= 11 is 0. The number of nitrogens with one attached hydrogen (secondary N) is 1. The van der Waals surface area contributed by atoms with Gasteiger partial charge < -0.3 is 9.88 Å². The van der Waals surface area contributed by atoms with Crippen molar-refractivity contribution in [2.45, 2.75) is 30.9 Å². The minimum absolute atomic E-state index is 0.0846. The second-order valence-electron chi connectivity index (χ2n) is 6.02. The molecule has 13 heteroatoms. The van der Waals surface area contributed by atoms with E-state index < -0.39 is 70.1 Å². The summed E-state index contributed by atoms with van der Waals surface area (Å²) in [4.78, 5) is 29.4. The van der Waals surface area contributed by atoms with E-state index in [0.29, 0.717) is 0 Å². The van der Waals surface area contributed by atoms with Crippen LogP contribution >= 0.6 is 0 Å². The van der Waals surface area contributed by atoms with E-state index in [1.165, 1.54) is 0 Å². The number of alkyl halides is 6. The molecule has 1 amide bonds. The predicted octanol–water partition coefficient (Wildman–Crippen LogP) is 1.84. The Bertz CT molecular complexity index is 777. The Morgan fingerprint density at radius 2 is 1.96 bits per heavy atom. The molecule has 2 atom stereocenters. The lowest BCUT2D eigenvalue weighted by Crippen LogP contribution is -2.46. The van der Waals surface area contributed by atoms with E-state index >= 15 is 0 Å². The minimum Gasteiger partial charge on any atom is -0.341 e. The molecule has 1 aromatic rings. The molecule has 1 saturated heterocycles. The van der Waals surface area contributed by atoms with Crippen LogP contribution in [-0.4, -0.2) is 50.0 Å². The van der Waals surface area contributed by atoms with E-state index in [1.54, 1.807) is 0 Å². The minimum atomic E-state index is -4.87. The van der Waals surface area contributed by atoms with Gasteiger partial charge in [0.2, 0.25) is 5.91 Å². The van der Waals surface area contributed by atoms with Crippen LogP contribution < -0.4 is 5.56 Å². The SMILES string of the molecule is O=C(CS(=O)Cc1nc(C(F)(F)F)cc(=O)[nH]1)N1CCCC(C(F)(F)F)C1. The standard InChI is InChI=1S/C14H15F6N3O3S/c15-13(16,17)8-2-1-3-23(5-8)12(25)7-27(26)6-10-21-9(14(18,19)20)4-11(24)22-10/h4,8H,1-3,5-7H2,(H,21,22,24). The molecule has 0 radical (unpaired) electrons. The van der Waals surface area contributed by atoms with Gasteiger partial charge in [-0.2, -0.15) is 26.3 Å². The Labute approximate surface area is 151 Å². The Balaban J connectivity index is 2.00. The molecule has 1 aromatic heterocycles. The van der Waals surface area contributed by atoms with Crippen LogP contribution in [-0.2, 0) is 27.5 Å². The summed E-state index contributed by atoms with van der Waals surface area (Å²) in [6, 6.07) is 0.239. The first-order chi connectivity index (χ1) is 12.4. The number of amides is 1. The number of carbonyl (C=O) groups is 1. The van der Waals surface area contributed by atoms with Crippen molar-refractivity contribution in [1.82, 2.24) is 14.9 Å². The average molecular weight is 419 g/mol. The first kappa shape index (κ1) is 21.4. The quantitative estimate of drug-likeness (QED) is 0.755. The van der Waals surface area contributed by atoms with Crippen molar-refractivity contribution < 1.29 is 35.3 Å². The van der Waals surface area contributed by atoms with Crippen molar-refractivity contribution in [2.75, 3.05) is 18.8 Å². The van der Waals surface area contributed by atoms with Gasteiger partial charge in [-0.05, 0) is 12.8 Å². The number of H-pyrrole nitrogens is 1. The van der Waals surface area contributed by atoms with Crippen molar-refractivity contribution in [3.63, 3.8) is 0 Å². The summed E-state index contributed by atoms with van der Waals surface area (Å²) in [5.41, 5.74) is -2.56. The topological polar surface area (TPSA) is 83.1 Å². The van der Waals surface area contributed by atoms with Gasteiger partial charge >= 0.3 is 12.4 Å². The molecule has 2 unspecified atom stereocenters. The maximum Gasteiger partial charge on any atom is 0.433 e. The van der Waals surface area contributed by atoms with Crippen LogP contribution in [0.15, 0.2) is 10.9 Å². The van der Waals surface area contributed by atoms with Crippen LogP contribution in [0.2, 0.25) is 0 Å². The molecule has 2 rings (SSSR count). The van der Waals surface area contributed by atoms with E-state index in [0.717, 1.165) is 4.90 Å². The average Bonchev–Trinajstić information content (AvgIpc) is 2.52. The van der Waals surface area contributed by atoms with Crippen molar-refractivity contribution in [2.24, 2.45) is 5.92 Å². The number of halogens is 6. The Morgan fingerprint density at radius 1 is 1.30 bits per heavy atom. The molecule has 0 aliphatic carbocycles. The molecule has 152 valence electrons. The third-order valence-electron chi connectivity index (χ3n) is 3.90. The lowest BCUT2D eigenvalue weighted by Gasteiger charge is -2.33. The highest BCUT2D eigenvalue weighted by molar-refractivity contribution is 7.84. The maximum absolute atomic E-state index is 12.8. The van der Waals surface area contributed by atoms with Crippen molar-refractivity contribution >= 4 is 16.7 Å². The number of rotatable bonds is 4. The lowest BCUT2D eigenvalue weighted by atomic mass is 9.97. The summed E-state index contributed by atoms with van der Waals surface area (Å²) in [5, 5.41) is 0. The van der Waals surface area contributed by atoms with Crippen LogP contribution in [0, 0.1) is 5.92 Å². The van der Waals surface area contributed by atoms with Crippen LogP contribution in [0.3, 0.4) is 0 Å². The van der Waals surface area contributed by atoms with Gasteiger partial charge in [-0.1, -0.05) is 0 Å². The number of piperidine rings is 1. The molecular formula is C14H15F6N3O3S. The highest BCUT2D eigenvalue weighted by Crippen LogP contribution is 2.33. The van der Waals surface area contributed by atoms with E-state index in [1.807, 2.05) is 4.98 Å². The van der Waals surface area contributed by atoms with Crippen molar-refractivity contribution in [3.8, 4) is 0 Å². The smallest absolute Gasteiger partial charge is 0.341 e.